The van der Waals surface area contributed by atoms with Crippen molar-refractivity contribution in [1.82, 2.24) is 19.7 Å². The van der Waals surface area contributed by atoms with Crippen molar-refractivity contribution in [2.45, 2.75) is 13.0 Å². The fourth-order valence-electron chi connectivity index (χ4n) is 1.98. The summed E-state index contributed by atoms with van der Waals surface area (Å²) in [6.07, 6.45) is 3.72. The van der Waals surface area contributed by atoms with Crippen LogP contribution in [-0.4, -0.2) is 31.8 Å². The van der Waals surface area contributed by atoms with Crippen LogP contribution in [0.1, 0.15) is 6.92 Å². The molecule has 3 aromatic rings. The molecule has 0 saturated heterocycles. The largest absolute Gasteiger partial charge is 0.479 e. The van der Waals surface area contributed by atoms with Gasteiger partial charge in [-0.05, 0) is 37.3 Å². The average molecular weight is 378 g/mol. The van der Waals surface area contributed by atoms with Crippen molar-refractivity contribution in [1.29, 1.82) is 0 Å². The van der Waals surface area contributed by atoms with E-state index in [1.165, 1.54) is 23.5 Å². The molecule has 0 fully saturated rings. The molecule has 1 N–H and O–H groups in total. The van der Waals surface area contributed by atoms with Gasteiger partial charge in [0.1, 0.15) is 18.4 Å². The summed E-state index contributed by atoms with van der Waals surface area (Å²) in [6, 6.07) is 8.23. The van der Waals surface area contributed by atoms with Gasteiger partial charge in [0.25, 0.3) is 5.91 Å². The molecular formula is C16H13Cl2N5O2. The first-order chi connectivity index (χ1) is 12.0. The molecule has 1 atom stereocenters. The number of hydrogen-bond donors (Lipinski definition) is 1. The molecular weight excluding hydrogens is 365 g/mol. The second-order valence-electron chi connectivity index (χ2n) is 5.07. The Hall–Kier alpha value is -2.64. The Labute approximate surface area is 153 Å². The van der Waals surface area contributed by atoms with Gasteiger partial charge >= 0.3 is 0 Å². The first-order valence-corrected chi connectivity index (χ1v) is 8.02. The number of anilines is 1. The second kappa shape index (κ2) is 7.50. The monoisotopic (exact) mass is 377 g/mol. The molecule has 0 aliphatic heterocycles. The van der Waals surface area contributed by atoms with Gasteiger partial charge in [-0.2, -0.15) is 5.10 Å². The van der Waals surface area contributed by atoms with E-state index in [-0.39, 0.29) is 5.91 Å². The summed E-state index contributed by atoms with van der Waals surface area (Å²) in [5, 5.41) is 7.54. The average Bonchev–Trinajstić information content (AvgIpc) is 3.12. The molecule has 0 bridgehead atoms. The first kappa shape index (κ1) is 17.2. The van der Waals surface area contributed by atoms with Crippen molar-refractivity contribution in [3.8, 4) is 11.6 Å². The van der Waals surface area contributed by atoms with Gasteiger partial charge in [-0.3, -0.25) is 4.79 Å². The van der Waals surface area contributed by atoms with Gasteiger partial charge in [-0.25, -0.2) is 14.6 Å². The third-order valence-electron chi connectivity index (χ3n) is 3.24. The van der Waals surface area contributed by atoms with Crippen LogP contribution >= 0.6 is 23.2 Å². The minimum Gasteiger partial charge on any atom is -0.479 e. The van der Waals surface area contributed by atoms with Crippen molar-refractivity contribution in [2.75, 3.05) is 5.32 Å². The summed E-state index contributed by atoms with van der Waals surface area (Å²) in [7, 11) is 0. The minimum absolute atomic E-state index is 0.332. The maximum atomic E-state index is 12.2. The van der Waals surface area contributed by atoms with Crippen LogP contribution in [0.3, 0.4) is 0 Å². The quantitative estimate of drug-likeness (QED) is 0.736. The highest BCUT2D eigenvalue weighted by atomic mass is 35.5. The van der Waals surface area contributed by atoms with E-state index < -0.39 is 6.10 Å². The number of halogens is 2. The molecule has 128 valence electrons. The third-order valence-corrected chi connectivity index (χ3v) is 3.77. The molecule has 2 heterocycles. The Morgan fingerprint density at radius 1 is 1.28 bits per heavy atom. The summed E-state index contributed by atoms with van der Waals surface area (Å²) < 4.78 is 7.09. The topological polar surface area (TPSA) is 81.9 Å². The molecule has 1 amide bonds. The Kier molecular flexibility index (Phi) is 5.16. The predicted octanol–water partition coefficient (Wildman–Crippen LogP) is 3.38. The third kappa shape index (κ3) is 4.26. The van der Waals surface area contributed by atoms with Crippen molar-refractivity contribution in [2.24, 2.45) is 0 Å². The molecule has 0 spiro atoms. The number of rotatable bonds is 5. The smallest absolute Gasteiger partial charge is 0.265 e. The van der Waals surface area contributed by atoms with E-state index in [4.69, 9.17) is 27.9 Å². The Morgan fingerprint density at radius 2 is 2.12 bits per heavy atom. The second-order valence-corrected chi connectivity index (χ2v) is 5.91. The molecule has 0 radical (unpaired) electrons. The lowest BCUT2D eigenvalue weighted by Gasteiger charge is -2.15. The van der Waals surface area contributed by atoms with E-state index in [1.807, 2.05) is 0 Å². The van der Waals surface area contributed by atoms with Crippen LogP contribution in [0.2, 0.25) is 10.0 Å². The Morgan fingerprint density at radius 3 is 2.76 bits per heavy atom. The highest BCUT2D eigenvalue weighted by Crippen LogP contribution is 2.28. The fourth-order valence-corrected chi connectivity index (χ4v) is 2.43. The first-order valence-electron chi connectivity index (χ1n) is 7.26. The summed E-state index contributed by atoms with van der Waals surface area (Å²) >= 11 is 11.9. The normalized spacial score (nSPS) is 11.8. The maximum absolute atomic E-state index is 12.2. The zero-order valence-corrected chi connectivity index (χ0v) is 14.6. The number of nitrogens with zero attached hydrogens (tertiary/aromatic N) is 4. The lowest BCUT2D eigenvalue weighted by molar-refractivity contribution is -0.122. The molecule has 0 saturated carbocycles. The highest BCUT2D eigenvalue weighted by Gasteiger charge is 2.16. The number of nitrogens with one attached hydrogen (secondary N) is 1. The fraction of sp³-hybridized carbons (Fsp3) is 0.125. The van der Waals surface area contributed by atoms with Gasteiger partial charge in [0, 0.05) is 5.02 Å². The van der Waals surface area contributed by atoms with E-state index in [0.717, 1.165) is 0 Å². The van der Waals surface area contributed by atoms with Crippen molar-refractivity contribution < 1.29 is 9.53 Å². The van der Waals surface area contributed by atoms with Gasteiger partial charge in [0.2, 0.25) is 0 Å². The maximum Gasteiger partial charge on any atom is 0.265 e. The lowest BCUT2D eigenvalue weighted by Crippen LogP contribution is -2.30. The van der Waals surface area contributed by atoms with Gasteiger partial charge in [-0.15, -0.1) is 0 Å². The molecule has 0 aliphatic carbocycles. The molecule has 1 unspecified atom stereocenters. The number of carbonyl (C=O) groups excluding carboxylic acids is 1. The van der Waals surface area contributed by atoms with Gasteiger partial charge in [-0.1, -0.05) is 23.2 Å². The van der Waals surface area contributed by atoms with Crippen molar-refractivity contribution in [3.63, 3.8) is 0 Å². The number of benzene rings is 1. The number of ether oxygens (including phenoxy) is 1. The van der Waals surface area contributed by atoms with Crippen molar-refractivity contribution in [3.05, 3.63) is 59.2 Å². The van der Waals surface area contributed by atoms with Crippen LogP contribution in [0.5, 0.6) is 5.75 Å². The van der Waals surface area contributed by atoms with Crippen molar-refractivity contribution >= 4 is 34.8 Å². The number of hydrogen-bond acceptors (Lipinski definition) is 5. The number of aromatic nitrogens is 4. The lowest BCUT2D eigenvalue weighted by atomic mass is 10.3. The zero-order chi connectivity index (χ0) is 17.8. The number of amides is 1. The van der Waals surface area contributed by atoms with E-state index in [9.17, 15) is 4.79 Å². The van der Waals surface area contributed by atoms with Gasteiger partial charge < -0.3 is 10.1 Å². The highest BCUT2D eigenvalue weighted by molar-refractivity contribution is 6.35. The minimum atomic E-state index is -0.756. The Balaban J connectivity index is 1.63. The summed E-state index contributed by atoms with van der Waals surface area (Å²) in [4.78, 5) is 20.3. The van der Waals surface area contributed by atoms with E-state index in [1.54, 1.807) is 37.3 Å². The summed E-state index contributed by atoms with van der Waals surface area (Å²) in [5.74, 6) is 0.641. The number of carbonyl (C=O) groups is 1. The SMILES string of the molecule is CC(Oc1ccc(Cl)cc1Cl)C(=O)Nc1ccc(-n2cncn2)nc1. The van der Waals surface area contributed by atoms with Crippen LogP contribution in [-0.2, 0) is 4.79 Å². The van der Waals surface area contributed by atoms with Crippen LogP contribution in [0.15, 0.2) is 49.2 Å². The van der Waals surface area contributed by atoms with E-state index >= 15 is 0 Å². The molecule has 0 aliphatic rings. The predicted molar refractivity (Wildman–Crippen MR) is 94.3 cm³/mol. The van der Waals surface area contributed by atoms with Gasteiger partial charge in [0.05, 0.1) is 16.9 Å². The van der Waals surface area contributed by atoms with Gasteiger partial charge in [0.15, 0.2) is 11.9 Å². The summed E-state index contributed by atoms with van der Waals surface area (Å²) in [5.41, 5.74) is 0.534. The van der Waals surface area contributed by atoms with Crippen LogP contribution in [0.25, 0.3) is 5.82 Å². The Bertz CT molecular complexity index is 869. The molecule has 9 heteroatoms. The molecule has 7 nitrogen and oxygen atoms in total. The number of pyridine rings is 1. The molecule has 3 rings (SSSR count). The van der Waals surface area contributed by atoms with E-state index in [0.29, 0.717) is 27.3 Å². The molecule has 1 aromatic carbocycles. The standard InChI is InChI=1S/C16H13Cl2N5O2/c1-10(25-14-4-2-11(17)6-13(14)18)16(24)22-12-3-5-15(20-7-12)23-9-19-8-21-23/h2-10H,1H3,(H,22,24). The molecule has 2 aromatic heterocycles. The zero-order valence-electron chi connectivity index (χ0n) is 13.1. The van der Waals surface area contributed by atoms with E-state index in [2.05, 4.69) is 20.4 Å². The van der Waals surface area contributed by atoms with Crippen LogP contribution < -0.4 is 10.1 Å². The van der Waals surface area contributed by atoms with Crippen LogP contribution in [0.4, 0.5) is 5.69 Å². The summed E-state index contributed by atoms with van der Waals surface area (Å²) in [6.45, 7) is 1.62. The molecule has 25 heavy (non-hydrogen) atoms. The van der Waals surface area contributed by atoms with Crippen LogP contribution in [0, 0.1) is 0 Å².